The molecule has 17 heavy (non-hydrogen) atoms. The quantitative estimate of drug-likeness (QED) is 0.859. The van der Waals surface area contributed by atoms with Gasteiger partial charge in [-0.05, 0) is 30.8 Å². The first-order chi connectivity index (χ1) is 7.93. The first-order valence-corrected chi connectivity index (χ1v) is 5.50. The second-order valence-corrected chi connectivity index (χ2v) is 4.41. The minimum absolute atomic E-state index is 0.127. The summed E-state index contributed by atoms with van der Waals surface area (Å²) in [7, 11) is 3.72. The monoisotopic (exact) mass is 244 g/mol. The fraction of sp³-hybridized carbons (Fsp3) is 0.500. The first kappa shape index (κ1) is 12.2. The van der Waals surface area contributed by atoms with Crippen LogP contribution in [0.4, 0.5) is 18.9 Å². The lowest BCUT2D eigenvalue weighted by Gasteiger charge is -2.13. The number of anilines is 1. The van der Waals surface area contributed by atoms with E-state index in [4.69, 9.17) is 0 Å². The standard InChI is InChI=1S/C12H15F3N2/c1-16-6-8-7-17(2)11-4-3-9(5-10(8)11)12(13,14)15/h3-5,8,16H,6-7H2,1-2H3. The van der Waals surface area contributed by atoms with Gasteiger partial charge in [0.1, 0.15) is 0 Å². The average molecular weight is 244 g/mol. The van der Waals surface area contributed by atoms with E-state index in [0.717, 1.165) is 23.9 Å². The smallest absolute Gasteiger partial charge is 0.374 e. The van der Waals surface area contributed by atoms with E-state index in [0.29, 0.717) is 6.54 Å². The van der Waals surface area contributed by atoms with Crippen molar-refractivity contribution < 1.29 is 13.2 Å². The molecule has 1 unspecified atom stereocenters. The van der Waals surface area contributed by atoms with E-state index in [1.54, 1.807) is 6.07 Å². The summed E-state index contributed by atoms with van der Waals surface area (Å²) in [5, 5.41) is 3.02. The maximum absolute atomic E-state index is 12.6. The van der Waals surface area contributed by atoms with Crippen LogP contribution in [0, 0.1) is 0 Å². The van der Waals surface area contributed by atoms with Crippen molar-refractivity contribution in [2.24, 2.45) is 0 Å². The lowest BCUT2D eigenvalue weighted by Crippen LogP contribution is -2.22. The zero-order valence-electron chi connectivity index (χ0n) is 9.80. The highest BCUT2D eigenvalue weighted by atomic mass is 19.4. The van der Waals surface area contributed by atoms with E-state index in [-0.39, 0.29) is 5.92 Å². The molecule has 0 aromatic heterocycles. The molecule has 1 atom stereocenters. The van der Waals surface area contributed by atoms with Crippen molar-refractivity contribution in [1.82, 2.24) is 5.32 Å². The SMILES string of the molecule is CNCC1CN(C)c2ccc(C(F)(F)F)cc21. The van der Waals surface area contributed by atoms with E-state index < -0.39 is 11.7 Å². The molecule has 0 spiro atoms. The number of likely N-dealkylation sites (N-methyl/N-ethyl adjacent to an activating group) is 2. The molecule has 94 valence electrons. The Hall–Kier alpha value is -1.23. The third-order valence-electron chi connectivity index (χ3n) is 3.15. The summed E-state index contributed by atoms with van der Waals surface area (Å²) >= 11 is 0. The summed E-state index contributed by atoms with van der Waals surface area (Å²) in [5.41, 5.74) is 1.13. The number of hydrogen-bond donors (Lipinski definition) is 1. The Labute approximate surface area is 98.4 Å². The molecule has 1 aliphatic heterocycles. The van der Waals surface area contributed by atoms with Gasteiger partial charge in [0.2, 0.25) is 0 Å². The van der Waals surface area contributed by atoms with Gasteiger partial charge in [0.15, 0.2) is 0 Å². The maximum Gasteiger partial charge on any atom is 0.416 e. The van der Waals surface area contributed by atoms with Gasteiger partial charge in [0.05, 0.1) is 5.56 Å². The van der Waals surface area contributed by atoms with Crippen molar-refractivity contribution in [3.8, 4) is 0 Å². The van der Waals surface area contributed by atoms with Gasteiger partial charge in [0, 0.05) is 31.7 Å². The zero-order valence-corrected chi connectivity index (χ0v) is 9.80. The second-order valence-electron chi connectivity index (χ2n) is 4.41. The number of nitrogens with one attached hydrogen (secondary N) is 1. The van der Waals surface area contributed by atoms with Crippen molar-refractivity contribution in [2.45, 2.75) is 12.1 Å². The van der Waals surface area contributed by atoms with Gasteiger partial charge in [-0.25, -0.2) is 0 Å². The van der Waals surface area contributed by atoms with Gasteiger partial charge in [-0.2, -0.15) is 13.2 Å². The Morgan fingerprint density at radius 3 is 2.71 bits per heavy atom. The van der Waals surface area contributed by atoms with E-state index >= 15 is 0 Å². The van der Waals surface area contributed by atoms with Crippen molar-refractivity contribution in [2.75, 3.05) is 32.1 Å². The Kier molecular flexibility index (Phi) is 3.03. The van der Waals surface area contributed by atoms with Crippen LogP contribution in [-0.4, -0.2) is 27.2 Å². The topological polar surface area (TPSA) is 15.3 Å². The zero-order chi connectivity index (χ0) is 12.6. The van der Waals surface area contributed by atoms with Crippen LogP contribution in [0.15, 0.2) is 18.2 Å². The molecule has 0 fully saturated rings. The predicted molar refractivity (Wildman–Crippen MR) is 61.4 cm³/mol. The number of rotatable bonds is 2. The third-order valence-corrected chi connectivity index (χ3v) is 3.15. The summed E-state index contributed by atoms with van der Waals surface area (Å²) in [6.45, 7) is 1.45. The summed E-state index contributed by atoms with van der Waals surface area (Å²) in [6.07, 6.45) is -4.26. The second kappa shape index (κ2) is 4.22. The van der Waals surface area contributed by atoms with Crippen molar-refractivity contribution in [1.29, 1.82) is 0 Å². The Morgan fingerprint density at radius 2 is 2.12 bits per heavy atom. The molecule has 0 saturated carbocycles. The molecule has 0 bridgehead atoms. The van der Waals surface area contributed by atoms with Crippen LogP contribution < -0.4 is 10.2 Å². The predicted octanol–water partition coefficient (Wildman–Crippen LogP) is 2.46. The molecular weight excluding hydrogens is 229 g/mol. The minimum atomic E-state index is -4.26. The highest BCUT2D eigenvalue weighted by Crippen LogP contribution is 2.39. The first-order valence-electron chi connectivity index (χ1n) is 5.50. The number of halogens is 3. The van der Waals surface area contributed by atoms with Crippen LogP contribution in [0.1, 0.15) is 17.0 Å². The van der Waals surface area contributed by atoms with Crippen LogP contribution in [0.25, 0.3) is 0 Å². The van der Waals surface area contributed by atoms with Crippen molar-refractivity contribution >= 4 is 5.69 Å². The summed E-state index contributed by atoms with van der Waals surface area (Å²) in [6, 6.07) is 3.99. The number of hydrogen-bond acceptors (Lipinski definition) is 2. The lowest BCUT2D eigenvalue weighted by molar-refractivity contribution is -0.137. The fourth-order valence-corrected chi connectivity index (χ4v) is 2.35. The lowest BCUT2D eigenvalue weighted by atomic mass is 9.99. The van der Waals surface area contributed by atoms with E-state index in [9.17, 15) is 13.2 Å². The molecule has 1 heterocycles. The molecule has 1 N–H and O–H groups in total. The average Bonchev–Trinajstić information content (AvgIpc) is 2.55. The van der Waals surface area contributed by atoms with Gasteiger partial charge < -0.3 is 10.2 Å². The molecule has 0 aliphatic carbocycles. The number of fused-ring (bicyclic) bond motifs is 1. The van der Waals surface area contributed by atoms with Gasteiger partial charge in [0.25, 0.3) is 0 Å². The maximum atomic E-state index is 12.6. The largest absolute Gasteiger partial charge is 0.416 e. The molecule has 0 amide bonds. The highest BCUT2D eigenvalue weighted by molar-refractivity contribution is 5.61. The number of alkyl halides is 3. The van der Waals surface area contributed by atoms with Crippen LogP contribution in [0.2, 0.25) is 0 Å². The molecule has 5 heteroatoms. The van der Waals surface area contributed by atoms with E-state index in [1.807, 2.05) is 19.0 Å². The number of nitrogens with zero attached hydrogens (tertiary/aromatic N) is 1. The molecule has 1 aromatic rings. The summed E-state index contributed by atoms with van der Waals surface area (Å²) in [5.74, 6) is 0.127. The van der Waals surface area contributed by atoms with Crippen LogP contribution in [-0.2, 0) is 6.18 Å². The molecule has 2 rings (SSSR count). The van der Waals surface area contributed by atoms with Crippen LogP contribution in [0.5, 0.6) is 0 Å². The van der Waals surface area contributed by atoms with Gasteiger partial charge in [-0.15, -0.1) is 0 Å². The van der Waals surface area contributed by atoms with E-state index in [2.05, 4.69) is 5.32 Å². The fourth-order valence-electron chi connectivity index (χ4n) is 2.35. The van der Waals surface area contributed by atoms with Gasteiger partial charge in [-0.3, -0.25) is 0 Å². The third kappa shape index (κ3) is 2.24. The highest BCUT2D eigenvalue weighted by Gasteiger charge is 2.34. The van der Waals surface area contributed by atoms with Gasteiger partial charge >= 0.3 is 6.18 Å². The van der Waals surface area contributed by atoms with Crippen molar-refractivity contribution in [3.05, 3.63) is 29.3 Å². The van der Waals surface area contributed by atoms with Crippen LogP contribution in [0.3, 0.4) is 0 Å². The molecular formula is C12H15F3N2. The molecule has 0 radical (unpaired) electrons. The molecule has 1 aliphatic rings. The number of benzene rings is 1. The minimum Gasteiger partial charge on any atom is -0.374 e. The molecule has 1 aromatic carbocycles. The Morgan fingerprint density at radius 1 is 1.41 bits per heavy atom. The molecule has 2 nitrogen and oxygen atoms in total. The Bertz CT molecular complexity index is 415. The van der Waals surface area contributed by atoms with E-state index in [1.165, 1.54) is 6.07 Å². The van der Waals surface area contributed by atoms with Gasteiger partial charge in [-0.1, -0.05) is 0 Å². The molecule has 0 saturated heterocycles. The summed E-state index contributed by atoms with van der Waals surface area (Å²) < 4.78 is 37.9. The Balaban J connectivity index is 2.40. The van der Waals surface area contributed by atoms with Crippen molar-refractivity contribution in [3.63, 3.8) is 0 Å². The normalized spacial score (nSPS) is 19.6. The van der Waals surface area contributed by atoms with Crippen LogP contribution >= 0.6 is 0 Å². The summed E-state index contributed by atoms with van der Waals surface area (Å²) in [4.78, 5) is 2.00.